The van der Waals surface area contributed by atoms with Gasteiger partial charge in [0.05, 0.1) is 0 Å². The minimum atomic E-state index is 1.03. The molecule has 0 radical (unpaired) electrons. The van der Waals surface area contributed by atoms with E-state index in [9.17, 15) is 0 Å². The summed E-state index contributed by atoms with van der Waals surface area (Å²) in [4.78, 5) is 0. The molecule has 0 heterocycles. The maximum atomic E-state index is 2.26. The van der Waals surface area contributed by atoms with E-state index in [-0.39, 0.29) is 0 Å². The van der Waals surface area contributed by atoms with Gasteiger partial charge in [-0.2, -0.15) is 0 Å². The lowest BCUT2D eigenvalue weighted by Crippen LogP contribution is -1.88. The van der Waals surface area contributed by atoms with Crippen LogP contribution >= 0.6 is 0 Å². The Morgan fingerprint density at radius 1 is 0.465 bits per heavy atom. The minimum Gasteiger partial charge on any atom is -0.0877 e. The molecule has 2 aliphatic carbocycles. The zero-order chi connectivity index (χ0) is 31.5. The standard InChI is InChI=1S/C15H16.C12H14.C10H12.C6H10/c1-12-3-7-14(8-4-12)11-15-9-5-13(2)6-10-15;1-9-3-5-11(7-9)12-6-4-10(2)8-12;1-3-4-10-7-5-9(2)6-8-10;1-3-5-6-4-2/h3-10H,11H2,1-2H3;3-6H,7-8H2,1-2H3;3-8H,1-2H3;3-6H,1-2H3/b;;4-3+;5-3+,6-4+. The fourth-order valence-corrected chi connectivity index (χ4v) is 4.50. The zero-order valence-corrected chi connectivity index (χ0v) is 27.8. The largest absolute Gasteiger partial charge is 0.0877 e. The van der Waals surface area contributed by atoms with Crippen molar-refractivity contribution >= 4 is 6.08 Å². The average molecular weight is 569 g/mol. The maximum Gasteiger partial charge on any atom is -0.00258 e. The van der Waals surface area contributed by atoms with Crippen molar-refractivity contribution in [3.05, 3.63) is 183 Å². The van der Waals surface area contributed by atoms with Crippen molar-refractivity contribution in [2.45, 2.75) is 74.7 Å². The molecule has 3 aromatic rings. The highest BCUT2D eigenvalue weighted by Crippen LogP contribution is 2.31. The Morgan fingerprint density at radius 2 is 0.837 bits per heavy atom. The molecule has 2 aliphatic rings. The SMILES string of the molecule is C/C=C/C=C/C.C/C=C/c1ccc(C)cc1.CC1=CC=C(C2=CC=C(C)C2)C1.Cc1ccc(Cc2ccc(C)cc2)cc1. The Labute approximate surface area is 263 Å². The van der Waals surface area contributed by atoms with Crippen LogP contribution in [-0.2, 0) is 6.42 Å². The van der Waals surface area contributed by atoms with Crippen LogP contribution in [0, 0.1) is 20.8 Å². The Hall–Kier alpha value is -4.16. The molecular formula is C43H52. The van der Waals surface area contributed by atoms with Crippen LogP contribution in [0.4, 0.5) is 0 Å². The average Bonchev–Trinajstić information content (AvgIpc) is 3.64. The maximum absolute atomic E-state index is 2.26. The van der Waals surface area contributed by atoms with Gasteiger partial charge in [0, 0.05) is 0 Å². The summed E-state index contributed by atoms with van der Waals surface area (Å²) in [5.74, 6) is 0. The molecule has 0 unspecified atom stereocenters. The Morgan fingerprint density at radius 3 is 1.14 bits per heavy atom. The summed E-state index contributed by atoms with van der Waals surface area (Å²) < 4.78 is 0. The number of aryl methyl sites for hydroxylation is 3. The molecule has 5 rings (SSSR count). The Bertz CT molecular complexity index is 1350. The lowest BCUT2D eigenvalue weighted by molar-refractivity contribution is 1.09. The summed E-state index contributed by atoms with van der Waals surface area (Å²) in [7, 11) is 0. The molecule has 0 saturated heterocycles. The highest BCUT2D eigenvalue weighted by atomic mass is 14.2. The normalized spacial score (nSPS) is 13.8. The van der Waals surface area contributed by atoms with Gasteiger partial charge in [-0.15, -0.1) is 0 Å². The van der Waals surface area contributed by atoms with E-state index in [1.54, 1.807) is 0 Å². The van der Waals surface area contributed by atoms with Crippen molar-refractivity contribution in [2.75, 3.05) is 0 Å². The van der Waals surface area contributed by atoms with Gasteiger partial charge in [-0.3, -0.25) is 0 Å². The third-order valence-electron chi connectivity index (χ3n) is 7.07. The van der Waals surface area contributed by atoms with Crippen LogP contribution in [0.3, 0.4) is 0 Å². The van der Waals surface area contributed by atoms with E-state index in [0.29, 0.717) is 0 Å². The molecule has 0 aromatic heterocycles. The zero-order valence-electron chi connectivity index (χ0n) is 27.8. The van der Waals surface area contributed by atoms with Crippen molar-refractivity contribution in [1.29, 1.82) is 0 Å². The van der Waals surface area contributed by atoms with Gasteiger partial charge in [-0.05, 0) is 102 Å². The van der Waals surface area contributed by atoms with Crippen molar-refractivity contribution in [3.63, 3.8) is 0 Å². The van der Waals surface area contributed by atoms with Gasteiger partial charge in [0.2, 0.25) is 0 Å². The monoisotopic (exact) mass is 568 g/mol. The third-order valence-corrected chi connectivity index (χ3v) is 7.07. The van der Waals surface area contributed by atoms with Crippen LogP contribution in [0.2, 0.25) is 0 Å². The summed E-state index contributed by atoms with van der Waals surface area (Å²) >= 11 is 0. The number of hydrogen-bond donors (Lipinski definition) is 0. The third kappa shape index (κ3) is 14.5. The summed E-state index contributed by atoms with van der Waals surface area (Å²) in [6.07, 6.45) is 24.5. The molecule has 0 N–H and O–H groups in total. The van der Waals surface area contributed by atoms with E-state index in [1.807, 2.05) is 51.2 Å². The Kier molecular flexibility index (Phi) is 16.2. The van der Waals surface area contributed by atoms with Gasteiger partial charge in [0.15, 0.2) is 0 Å². The fraction of sp³-hybridized carbons (Fsp3) is 0.256. The molecule has 0 spiro atoms. The van der Waals surface area contributed by atoms with E-state index < -0.39 is 0 Å². The predicted octanol–water partition coefficient (Wildman–Crippen LogP) is 12.6. The number of allylic oxidation sites excluding steroid dienone is 13. The van der Waals surface area contributed by atoms with Gasteiger partial charge >= 0.3 is 0 Å². The van der Waals surface area contributed by atoms with Crippen LogP contribution in [0.5, 0.6) is 0 Å². The molecule has 0 aliphatic heterocycles. The summed E-state index contributed by atoms with van der Waals surface area (Å²) in [6, 6.07) is 26.0. The van der Waals surface area contributed by atoms with E-state index >= 15 is 0 Å². The molecule has 3 aromatic carbocycles. The Balaban J connectivity index is 0.000000210. The lowest BCUT2D eigenvalue weighted by Gasteiger charge is -2.03. The molecular weight excluding hydrogens is 516 g/mol. The van der Waals surface area contributed by atoms with Crippen LogP contribution in [0.25, 0.3) is 6.08 Å². The lowest BCUT2D eigenvalue weighted by atomic mass is 10.0. The van der Waals surface area contributed by atoms with Gasteiger partial charge in [0.25, 0.3) is 0 Å². The second kappa shape index (κ2) is 19.9. The van der Waals surface area contributed by atoms with Crippen LogP contribution in [0.1, 0.15) is 80.8 Å². The quantitative estimate of drug-likeness (QED) is 0.269. The molecule has 224 valence electrons. The van der Waals surface area contributed by atoms with Gasteiger partial charge in [-0.25, -0.2) is 0 Å². The van der Waals surface area contributed by atoms with Crippen molar-refractivity contribution in [1.82, 2.24) is 0 Å². The number of rotatable bonds is 5. The topological polar surface area (TPSA) is 0 Å². The van der Waals surface area contributed by atoms with Crippen LogP contribution in [0.15, 0.2) is 150 Å². The first-order valence-corrected chi connectivity index (χ1v) is 15.5. The second-order valence-corrected chi connectivity index (χ2v) is 11.4. The molecule has 0 bridgehead atoms. The summed E-state index contributed by atoms with van der Waals surface area (Å²) in [5, 5.41) is 0. The molecule has 0 nitrogen and oxygen atoms in total. The highest BCUT2D eigenvalue weighted by molar-refractivity contribution is 5.49. The first-order valence-electron chi connectivity index (χ1n) is 15.5. The molecule has 0 atom stereocenters. The van der Waals surface area contributed by atoms with E-state index in [2.05, 4.69) is 138 Å². The smallest absolute Gasteiger partial charge is 0.00258 e. The minimum absolute atomic E-state index is 1.03. The van der Waals surface area contributed by atoms with Crippen LogP contribution in [-0.4, -0.2) is 0 Å². The predicted molar refractivity (Wildman–Crippen MR) is 194 cm³/mol. The molecule has 0 heteroatoms. The van der Waals surface area contributed by atoms with Crippen molar-refractivity contribution in [3.8, 4) is 0 Å². The molecule has 0 fully saturated rings. The summed E-state index contributed by atoms with van der Waals surface area (Å²) in [6.45, 7) is 16.8. The van der Waals surface area contributed by atoms with Crippen molar-refractivity contribution in [2.24, 2.45) is 0 Å². The van der Waals surface area contributed by atoms with Gasteiger partial charge in [0.1, 0.15) is 0 Å². The first kappa shape index (κ1) is 35.0. The first-order chi connectivity index (χ1) is 20.7. The van der Waals surface area contributed by atoms with E-state index in [4.69, 9.17) is 0 Å². The molecule has 0 saturated carbocycles. The van der Waals surface area contributed by atoms with Gasteiger partial charge < -0.3 is 0 Å². The second-order valence-electron chi connectivity index (χ2n) is 11.4. The van der Waals surface area contributed by atoms with Crippen LogP contribution < -0.4 is 0 Å². The molecule has 0 amide bonds. The number of benzene rings is 3. The van der Waals surface area contributed by atoms with E-state index in [1.165, 1.54) is 55.7 Å². The number of hydrogen-bond acceptors (Lipinski definition) is 0. The fourth-order valence-electron chi connectivity index (χ4n) is 4.50. The van der Waals surface area contributed by atoms with E-state index in [0.717, 1.165) is 19.3 Å². The van der Waals surface area contributed by atoms with Gasteiger partial charge in [-0.1, -0.05) is 161 Å². The van der Waals surface area contributed by atoms with Crippen molar-refractivity contribution < 1.29 is 0 Å². The molecule has 43 heavy (non-hydrogen) atoms. The highest BCUT2D eigenvalue weighted by Gasteiger charge is 2.12. The summed E-state index contributed by atoms with van der Waals surface area (Å²) in [5.41, 5.74) is 14.0.